The van der Waals surface area contributed by atoms with Crippen molar-refractivity contribution in [1.29, 1.82) is 0 Å². The number of carbonyl (C=O) groups excluding carboxylic acids is 1. The van der Waals surface area contributed by atoms with Crippen LogP contribution in [-0.2, 0) is 19.7 Å². The zero-order valence-corrected chi connectivity index (χ0v) is 15.6. The van der Waals surface area contributed by atoms with E-state index in [0.29, 0.717) is 6.42 Å². The second kappa shape index (κ2) is 4.57. The fourth-order valence-corrected chi connectivity index (χ4v) is 7.18. The molecule has 6 heteroatoms. The molecule has 1 unspecified atom stereocenters. The molecule has 1 aromatic rings. The van der Waals surface area contributed by atoms with E-state index < -0.39 is 22.7 Å². The number of hydrogen-bond acceptors (Lipinski definition) is 6. The molecule has 0 radical (unpaired) electrons. The van der Waals surface area contributed by atoms with Crippen molar-refractivity contribution < 1.29 is 19.4 Å². The molecular weight excluding hydrogens is 344 g/mol. The maximum Gasteiger partial charge on any atom is 0.343 e. The Bertz CT molecular complexity index is 902. The summed E-state index contributed by atoms with van der Waals surface area (Å²) in [5, 5.41) is 15.7. The maximum atomic E-state index is 13.1. The van der Waals surface area contributed by atoms with E-state index in [4.69, 9.17) is 9.47 Å². The van der Waals surface area contributed by atoms with Gasteiger partial charge < -0.3 is 19.9 Å². The Labute approximate surface area is 158 Å². The molecule has 2 N–H and O–H groups in total. The summed E-state index contributed by atoms with van der Waals surface area (Å²) in [6.45, 7) is 3.78. The molecule has 3 fully saturated rings. The summed E-state index contributed by atoms with van der Waals surface area (Å²) in [5.74, 6) is -0.496. The first-order valence-electron chi connectivity index (χ1n) is 9.73. The number of carbonyl (C=O) groups is 1. The molecule has 2 saturated heterocycles. The first-order chi connectivity index (χ1) is 13.0. The number of fused-ring (bicyclic) bond motifs is 3. The molecule has 5 aliphatic rings. The van der Waals surface area contributed by atoms with E-state index in [1.807, 2.05) is 25.1 Å². The Morgan fingerprint density at radius 3 is 3.04 bits per heavy atom. The van der Waals surface area contributed by atoms with Crippen molar-refractivity contribution in [3.63, 3.8) is 0 Å². The SMILES string of the molecule is COC(=O)[C@]12CC3(C=CCN4CC[C@@]5(c6ccccc6N[C@@]15O)[C@@H]43)[C@H](C)O2. The van der Waals surface area contributed by atoms with Gasteiger partial charge in [0.25, 0.3) is 0 Å². The lowest BCUT2D eigenvalue weighted by molar-refractivity contribution is -0.216. The quantitative estimate of drug-likeness (QED) is 0.577. The summed E-state index contributed by atoms with van der Waals surface area (Å²) in [6.07, 6.45) is 5.44. The summed E-state index contributed by atoms with van der Waals surface area (Å²) >= 11 is 0. The van der Waals surface area contributed by atoms with Gasteiger partial charge in [-0.05, 0) is 31.5 Å². The second-order valence-corrected chi connectivity index (χ2v) is 8.77. The number of methoxy groups -OCH3 is 1. The number of benzene rings is 1. The highest BCUT2D eigenvalue weighted by atomic mass is 16.6. The van der Waals surface area contributed by atoms with Gasteiger partial charge in [0.1, 0.15) is 0 Å². The van der Waals surface area contributed by atoms with Crippen LogP contribution in [0.4, 0.5) is 5.69 Å². The van der Waals surface area contributed by atoms with Crippen molar-refractivity contribution in [2.45, 2.75) is 48.7 Å². The van der Waals surface area contributed by atoms with Crippen LogP contribution in [0.2, 0.25) is 0 Å². The van der Waals surface area contributed by atoms with Crippen molar-refractivity contribution >= 4 is 11.7 Å². The van der Waals surface area contributed by atoms with Crippen molar-refractivity contribution in [2.24, 2.45) is 5.41 Å². The van der Waals surface area contributed by atoms with Gasteiger partial charge >= 0.3 is 5.97 Å². The number of anilines is 1. The van der Waals surface area contributed by atoms with Crippen LogP contribution in [0.5, 0.6) is 0 Å². The summed E-state index contributed by atoms with van der Waals surface area (Å²) < 4.78 is 11.6. The molecule has 142 valence electrons. The van der Waals surface area contributed by atoms with Crippen LogP contribution >= 0.6 is 0 Å². The standard InChI is InChI=1S/C21H24N2O4/c1-13-18-8-5-10-23-11-9-19(16(18)23)14-6-3-4-7-15(14)22-21(19,25)20(12-18,27-13)17(24)26-2/h3-8,13,16,22,25H,9-12H2,1-2H3/t13-,16-,18?,19+,20+,21-/m0/s1. The smallest absolute Gasteiger partial charge is 0.343 e. The molecule has 6 atom stereocenters. The van der Waals surface area contributed by atoms with Crippen LogP contribution < -0.4 is 5.32 Å². The number of ether oxygens (including phenoxy) is 2. The van der Waals surface area contributed by atoms with Crippen molar-refractivity contribution in [3.05, 3.63) is 42.0 Å². The van der Waals surface area contributed by atoms with Gasteiger partial charge in [0, 0.05) is 30.1 Å². The molecule has 4 heterocycles. The van der Waals surface area contributed by atoms with Crippen LogP contribution in [0, 0.1) is 5.41 Å². The van der Waals surface area contributed by atoms with Crippen molar-refractivity contribution in [3.8, 4) is 0 Å². The summed E-state index contributed by atoms with van der Waals surface area (Å²) in [6, 6.07) is 8.12. The van der Waals surface area contributed by atoms with E-state index in [9.17, 15) is 9.90 Å². The summed E-state index contributed by atoms with van der Waals surface area (Å²) in [7, 11) is 1.37. The number of rotatable bonds is 1. The van der Waals surface area contributed by atoms with Gasteiger partial charge in [0.2, 0.25) is 5.60 Å². The lowest BCUT2D eigenvalue weighted by Gasteiger charge is -2.59. The van der Waals surface area contributed by atoms with Gasteiger partial charge in [-0.25, -0.2) is 4.79 Å². The van der Waals surface area contributed by atoms with E-state index in [1.54, 1.807) is 0 Å². The summed E-state index contributed by atoms with van der Waals surface area (Å²) in [4.78, 5) is 15.6. The van der Waals surface area contributed by atoms with Crippen LogP contribution in [0.25, 0.3) is 0 Å². The molecule has 27 heavy (non-hydrogen) atoms. The fourth-order valence-electron chi connectivity index (χ4n) is 7.18. The molecule has 1 aliphatic carbocycles. The molecule has 6 rings (SSSR count). The highest BCUT2D eigenvalue weighted by molar-refractivity contribution is 5.87. The van der Waals surface area contributed by atoms with E-state index >= 15 is 0 Å². The minimum absolute atomic E-state index is 0.0754. The molecule has 2 spiro atoms. The predicted molar refractivity (Wildman–Crippen MR) is 98.2 cm³/mol. The topological polar surface area (TPSA) is 71.0 Å². The zero-order valence-electron chi connectivity index (χ0n) is 15.6. The first kappa shape index (κ1) is 16.1. The number of para-hydroxylation sites is 1. The third kappa shape index (κ3) is 1.39. The number of esters is 1. The Morgan fingerprint density at radius 2 is 2.22 bits per heavy atom. The van der Waals surface area contributed by atoms with E-state index in [2.05, 4.69) is 28.4 Å². The van der Waals surface area contributed by atoms with Gasteiger partial charge in [0.15, 0.2) is 5.72 Å². The molecule has 1 aromatic carbocycles. The number of hydrogen-bond donors (Lipinski definition) is 2. The predicted octanol–water partition coefficient (Wildman–Crippen LogP) is 1.40. The largest absolute Gasteiger partial charge is 0.467 e. The van der Waals surface area contributed by atoms with Crippen molar-refractivity contribution in [2.75, 3.05) is 25.5 Å². The van der Waals surface area contributed by atoms with E-state index in [1.165, 1.54) is 7.11 Å². The Hall–Kier alpha value is -1.89. The Kier molecular flexibility index (Phi) is 2.72. The van der Waals surface area contributed by atoms with Gasteiger partial charge in [-0.3, -0.25) is 4.90 Å². The van der Waals surface area contributed by atoms with Gasteiger partial charge in [-0.2, -0.15) is 0 Å². The second-order valence-electron chi connectivity index (χ2n) is 8.77. The van der Waals surface area contributed by atoms with Crippen LogP contribution in [0.15, 0.2) is 36.4 Å². The van der Waals surface area contributed by atoms with Gasteiger partial charge in [-0.1, -0.05) is 30.4 Å². The van der Waals surface area contributed by atoms with Gasteiger partial charge in [0.05, 0.1) is 18.6 Å². The van der Waals surface area contributed by atoms with Crippen LogP contribution in [0.3, 0.4) is 0 Å². The monoisotopic (exact) mass is 368 g/mol. The van der Waals surface area contributed by atoms with E-state index in [-0.39, 0.29) is 17.6 Å². The highest BCUT2D eigenvalue weighted by Crippen LogP contribution is 2.72. The lowest BCUT2D eigenvalue weighted by atomic mass is 9.49. The summed E-state index contributed by atoms with van der Waals surface area (Å²) in [5.41, 5.74) is -1.95. The average molecular weight is 368 g/mol. The van der Waals surface area contributed by atoms with Gasteiger partial charge in [-0.15, -0.1) is 0 Å². The Balaban J connectivity index is 1.72. The fraction of sp³-hybridized carbons (Fsp3) is 0.571. The maximum absolute atomic E-state index is 13.1. The Morgan fingerprint density at radius 1 is 1.41 bits per heavy atom. The molecule has 0 amide bonds. The molecular formula is C21H24N2O4. The normalized spacial score (nSPS) is 48.6. The number of aliphatic hydroxyl groups is 1. The molecule has 2 bridgehead atoms. The third-order valence-corrected chi connectivity index (χ3v) is 8.06. The molecule has 6 nitrogen and oxygen atoms in total. The number of nitrogens with zero attached hydrogens (tertiary/aromatic N) is 1. The van der Waals surface area contributed by atoms with Crippen LogP contribution in [0.1, 0.15) is 25.3 Å². The molecule has 1 saturated carbocycles. The minimum Gasteiger partial charge on any atom is -0.467 e. The van der Waals surface area contributed by atoms with E-state index in [0.717, 1.165) is 30.8 Å². The third-order valence-electron chi connectivity index (χ3n) is 8.06. The minimum atomic E-state index is -1.55. The highest BCUT2D eigenvalue weighted by Gasteiger charge is 2.86. The zero-order chi connectivity index (χ0) is 18.7. The molecule has 0 aromatic heterocycles. The lowest BCUT2D eigenvalue weighted by Crippen LogP contribution is -2.77. The first-order valence-corrected chi connectivity index (χ1v) is 9.73. The number of nitrogens with one attached hydrogen (secondary N) is 1. The van der Waals surface area contributed by atoms with Crippen molar-refractivity contribution in [1.82, 2.24) is 4.90 Å². The van der Waals surface area contributed by atoms with Crippen LogP contribution in [-0.4, -0.2) is 59.6 Å². The molecule has 4 aliphatic heterocycles. The average Bonchev–Trinajstić information content (AvgIpc) is 3.28.